The summed E-state index contributed by atoms with van der Waals surface area (Å²) in [6.45, 7) is 1.63. The van der Waals surface area contributed by atoms with Gasteiger partial charge in [0, 0.05) is 10.5 Å². The molecule has 1 aromatic carbocycles. The first-order valence-electron chi connectivity index (χ1n) is 7.55. The zero-order valence-corrected chi connectivity index (χ0v) is 18.0. The smallest absolute Gasteiger partial charge is 0.276 e. The third kappa shape index (κ3) is 7.16. The van der Waals surface area contributed by atoms with Crippen LogP contribution >= 0.6 is 44.1 Å². The molecule has 0 unspecified atom stereocenters. The summed E-state index contributed by atoms with van der Waals surface area (Å²) >= 11 is 11.7. The number of aryl methyl sites for hydroxylation is 1. The molecule has 1 heterocycles. The summed E-state index contributed by atoms with van der Waals surface area (Å²) in [6, 6.07) is 7.10. The van der Waals surface area contributed by atoms with E-state index in [1.165, 1.54) is 18.4 Å². The summed E-state index contributed by atoms with van der Waals surface area (Å²) < 4.78 is 12.2. The molecule has 0 aliphatic heterocycles. The highest BCUT2D eigenvalue weighted by Crippen LogP contribution is 2.32. The molecule has 27 heavy (non-hydrogen) atoms. The van der Waals surface area contributed by atoms with Gasteiger partial charge < -0.3 is 9.15 Å². The number of nitrogens with one attached hydrogen (secondary N) is 3. The zero-order valence-electron chi connectivity index (χ0n) is 14.0. The van der Waals surface area contributed by atoms with Gasteiger partial charge in [0.1, 0.15) is 11.5 Å². The van der Waals surface area contributed by atoms with E-state index in [2.05, 4.69) is 48.0 Å². The van der Waals surface area contributed by atoms with E-state index in [9.17, 15) is 9.59 Å². The molecule has 0 saturated heterocycles. The Morgan fingerprint density at radius 2 is 2.07 bits per heavy atom. The number of thiocarbonyl (C=S) groups is 1. The minimum absolute atomic E-state index is 0.0570. The van der Waals surface area contributed by atoms with E-state index in [4.69, 9.17) is 21.4 Å². The second-order valence-corrected chi connectivity index (χ2v) is 7.34. The number of amides is 2. The summed E-state index contributed by atoms with van der Waals surface area (Å²) in [7, 11) is 0. The van der Waals surface area contributed by atoms with Crippen molar-refractivity contribution in [1.82, 2.24) is 16.2 Å². The Morgan fingerprint density at radius 3 is 2.74 bits per heavy atom. The van der Waals surface area contributed by atoms with Gasteiger partial charge in [-0.3, -0.25) is 25.8 Å². The van der Waals surface area contributed by atoms with Gasteiger partial charge in [-0.05, 0) is 71.0 Å². The van der Waals surface area contributed by atoms with Crippen molar-refractivity contribution in [3.05, 3.63) is 56.9 Å². The van der Waals surface area contributed by atoms with E-state index in [1.807, 2.05) is 19.1 Å². The van der Waals surface area contributed by atoms with Crippen molar-refractivity contribution in [3.8, 4) is 5.75 Å². The monoisotopic (exact) mass is 515 g/mol. The van der Waals surface area contributed by atoms with Crippen LogP contribution in [0, 0.1) is 6.92 Å². The van der Waals surface area contributed by atoms with E-state index in [-0.39, 0.29) is 11.7 Å². The van der Waals surface area contributed by atoms with Crippen LogP contribution in [-0.4, -0.2) is 23.5 Å². The molecular formula is C17H15Br2N3O4S. The van der Waals surface area contributed by atoms with Crippen LogP contribution in [0.25, 0.3) is 6.08 Å². The normalized spacial score (nSPS) is 10.5. The molecule has 0 aliphatic carbocycles. The molecule has 0 aliphatic rings. The summed E-state index contributed by atoms with van der Waals surface area (Å²) in [5, 5.41) is 2.32. The topological polar surface area (TPSA) is 92.6 Å². The number of ether oxygens (including phenoxy) is 1. The number of halogens is 2. The lowest BCUT2D eigenvalue weighted by molar-refractivity contribution is -0.123. The number of carbonyl (C=O) groups excluding carboxylic acids is 2. The fourth-order valence-electron chi connectivity index (χ4n) is 1.90. The molecular weight excluding hydrogens is 502 g/mol. The van der Waals surface area contributed by atoms with Crippen LogP contribution in [0.2, 0.25) is 0 Å². The second kappa shape index (κ2) is 10.2. The van der Waals surface area contributed by atoms with Gasteiger partial charge in [0.2, 0.25) is 5.91 Å². The molecule has 2 amide bonds. The van der Waals surface area contributed by atoms with Crippen LogP contribution in [0.15, 0.2) is 50.0 Å². The molecule has 0 saturated carbocycles. The predicted octanol–water partition coefficient (Wildman–Crippen LogP) is 3.23. The highest BCUT2D eigenvalue weighted by atomic mass is 79.9. The number of carbonyl (C=O) groups is 2. The molecule has 142 valence electrons. The fraction of sp³-hybridized carbons (Fsp3) is 0.118. The molecule has 3 N–H and O–H groups in total. The average Bonchev–Trinajstić information content (AvgIpc) is 3.10. The molecule has 7 nitrogen and oxygen atoms in total. The lowest BCUT2D eigenvalue weighted by atomic mass is 10.2. The summed E-state index contributed by atoms with van der Waals surface area (Å²) in [5.74, 6) is 0.159. The second-order valence-electron chi connectivity index (χ2n) is 5.16. The summed E-state index contributed by atoms with van der Waals surface area (Å²) in [6.07, 6.45) is 4.24. The van der Waals surface area contributed by atoms with Crippen LogP contribution in [-0.2, 0) is 9.59 Å². The molecule has 2 aromatic rings. The molecule has 0 spiro atoms. The van der Waals surface area contributed by atoms with Gasteiger partial charge in [0.05, 0.1) is 10.7 Å². The Bertz CT molecular complexity index is 846. The average molecular weight is 517 g/mol. The molecule has 0 fully saturated rings. The van der Waals surface area contributed by atoms with Gasteiger partial charge in [-0.15, -0.1) is 0 Å². The van der Waals surface area contributed by atoms with E-state index in [1.54, 1.807) is 12.1 Å². The third-order valence-electron chi connectivity index (χ3n) is 3.04. The van der Waals surface area contributed by atoms with E-state index in [0.717, 1.165) is 14.5 Å². The number of hydrogen-bond acceptors (Lipinski definition) is 5. The van der Waals surface area contributed by atoms with Crippen LogP contribution in [0.1, 0.15) is 11.3 Å². The van der Waals surface area contributed by atoms with E-state index in [0.29, 0.717) is 11.5 Å². The quantitative estimate of drug-likeness (QED) is 0.321. The van der Waals surface area contributed by atoms with Crippen LogP contribution in [0.4, 0.5) is 0 Å². The van der Waals surface area contributed by atoms with E-state index >= 15 is 0 Å². The van der Waals surface area contributed by atoms with E-state index < -0.39 is 11.8 Å². The Balaban J connectivity index is 1.73. The SMILES string of the molecule is Cc1cc(Br)cc(Br)c1OCC(=O)NNC(=S)NC(=O)/C=C/c1ccco1. The van der Waals surface area contributed by atoms with Crippen molar-refractivity contribution < 1.29 is 18.7 Å². The Morgan fingerprint density at radius 1 is 1.30 bits per heavy atom. The fourth-order valence-corrected chi connectivity index (χ4v) is 3.61. The van der Waals surface area contributed by atoms with Gasteiger partial charge in [0.25, 0.3) is 5.91 Å². The van der Waals surface area contributed by atoms with Crippen molar-refractivity contribution in [3.63, 3.8) is 0 Å². The molecule has 0 bridgehead atoms. The molecule has 0 atom stereocenters. The first kappa shape index (κ1) is 21.1. The summed E-state index contributed by atoms with van der Waals surface area (Å²) in [4.78, 5) is 23.5. The standard InChI is InChI=1S/C17H15Br2N3O4S/c1-10-7-11(18)8-13(19)16(10)26-9-15(24)21-22-17(27)20-14(23)5-4-12-3-2-6-25-12/h2-8H,9H2,1H3,(H,21,24)(H2,20,22,23,27)/b5-4+. The van der Waals surface area contributed by atoms with Crippen LogP contribution in [0.5, 0.6) is 5.75 Å². The Hall–Kier alpha value is -2.17. The number of furan rings is 1. The molecule has 0 radical (unpaired) electrons. The van der Waals surface area contributed by atoms with Crippen molar-refractivity contribution >= 4 is 67.1 Å². The lowest BCUT2D eigenvalue weighted by Gasteiger charge is -2.13. The number of benzene rings is 1. The summed E-state index contributed by atoms with van der Waals surface area (Å²) in [5.41, 5.74) is 5.63. The largest absolute Gasteiger partial charge is 0.482 e. The van der Waals surface area contributed by atoms with Crippen LogP contribution < -0.4 is 20.9 Å². The maximum absolute atomic E-state index is 11.9. The minimum atomic E-state index is -0.469. The van der Waals surface area contributed by atoms with Gasteiger partial charge >= 0.3 is 0 Å². The number of hydrazine groups is 1. The highest BCUT2D eigenvalue weighted by molar-refractivity contribution is 9.11. The Kier molecular flexibility index (Phi) is 8.01. The van der Waals surface area contributed by atoms with Gasteiger partial charge in [-0.25, -0.2) is 0 Å². The molecule has 1 aromatic heterocycles. The van der Waals surface area contributed by atoms with Crippen molar-refractivity contribution in [1.29, 1.82) is 0 Å². The third-order valence-corrected chi connectivity index (χ3v) is 4.29. The van der Waals surface area contributed by atoms with Gasteiger partial charge in [-0.1, -0.05) is 15.9 Å². The molecule has 10 heteroatoms. The van der Waals surface area contributed by atoms with Gasteiger partial charge in [-0.2, -0.15) is 0 Å². The number of rotatable bonds is 5. The van der Waals surface area contributed by atoms with Gasteiger partial charge in [0.15, 0.2) is 11.7 Å². The van der Waals surface area contributed by atoms with Crippen molar-refractivity contribution in [2.24, 2.45) is 0 Å². The maximum Gasteiger partial charge on any atom is 0.276 e. The van der Waals surface area contributed by atoms with Crippen LogP contribution in [0.3, 0.4) is 0 Å². The van der Waals surface area contributed by atoms with Crippen molar-refractivity contribution in [2.75, 3.05) is 6.61 Å². The first-order valence-corrected chi connectivity index (χ1v) is 9.54. The number of hydrogen-bond donors (Lipinski definition) is 3. The molecule has 2 rings (SSSR count). The highest BCUT2D eigenvalue weighted by Gasteiger charge is 2.10. The zero-order chi connectivity index (χ0) is 19.8. The van der Waals surface area contributed by atoms with Crippen molar-refractivity contribution in [2.45, 2.75) is 6.92 Å². The lowest BCUT2D eigenvalue weighted by Crippen LogP contribution is -2.49. The Labute approximate surface area is 177 Å². The predicted molar refractivity (Wildman–Crippen MR) is 112 cm³/mol. The first-order chi connectivity index (χ1) is 12.8. The minimum Gasteiger partial charge on any atom is -0.482 e. The maximum atomic E-state index is 11.9.